The molecule has 1 saturated carbocycles. The third kappa shape index (κ3) is 5.68. The minimum atomic E-state index is -1.41. The number of hydrogen-bond donors (Lipinski definition) is 4. The van der Waals surface area contributed by atoms with Gasteiger partial charge < -0.3 is 20.8 Å². The van der Waals surface area contributed by atoms with E-state index in [-0.39, 0.29) is 6.04 Å². The summed E-state index contributed by atoms with van der Waals surface area (Å²) in [6.07, 6.45) is 2.12. The molecule has 3 atom stereocenters. The third-order valence-electron chi connectivity index (χ3n) is 3.10. The lowest BCUT2D eigenvalue weighted by atomic mass is 10.2. The highest BCUT2D eigenvalue weighted by Gasteiger charge is 2.28. The molecule has 7 nitrogen and oxygen atoms in total. The Morgan fingerprint density at radius 1 is 1.30 bits per heavy atom. The molecule has 0 aromatic heterocycles. The van der Waals surface area contributed by atoms with Crippen LogP contribution in [0.15, 0.2) is 0 Å². The Kier molecular flexibility index (Phi) is 6.63. The molecule has 0 aromatic rings. The molecule has 0 bridgehead atoms. The minimum absolute atomic E-state index is 0.0262. The van der Waals surface area contributed by atoms with Crippen LogP contribution < -0.4 is 10.6 Å². The summed E-state index contributed by atoms with van der Waals surface area (Å²) in [7, 11) is 0. The SMILES string of the molecule is CCSC1CCC(NC(=O)NC(CC(=O)O)C(=O)O)C1. The molecular weight excluding hydrogens is 284 g/mol. The molecular formula is C12H20N2O5S. The van der Waals surface area contributed by atoms with Crippen molar-refractivity contribution in [3.05, 3.63) is 0 Å². The fourth-order valence-corrected chi connectivity index (χ4v) is 3.36. The lowest BCUT2D eigenvalue weighted by Crippen LogP contribution is -2.49. The molecule has 0 aromatic carbocycles. The lowest BCUT2D eigenvalue weighted by Gasteiger charge is -2.17. The molecule has 114 valence electrons. The maximum absolute atomic E-state index is 11.7. The van der Waals surface area contributed by atoms with Crippen molar-refractivity contribution in [2.24, 2.45) is 0 Å². The molecule has 0 spiro atoms. The summed E-state index contributed by atoms with van der Waals surface area (Å²) in [5.41, 5.74) is 0. The van der Waals surface area contributed by atoms with Gasteiger partial charge in [0.25, 0.3) is 0 Å². The number of carbonyl (C=O) groups excluding carboxylic acids is 1. The zero-order valence-corrected chi connectivity index (χ0v) is 12.1. The van der Waals surface area contributed by atoms with E-state index in [1.807, 2.05) is 11.8 Å². The first-order valence-electron chi connectivity index (χ1n) is 6.55. The summed E-state index contributed by atoms with van der Waals surface area (Å²) in [6.45, 7) is 2.08. The van der Waals surface area contributed by atoms with Gasteiger partial charge in [0.05, 0.1) is 6.42 Å². The van der Waals surface area contributed by atoms with Crippen molar-refractivity contribution in [2.45, 2.75) is 49.9 Å². The second kappa shape index (κ2) is 7.98. The van der Waals surface area contributed by atoms with Crippen LogP contribution in [0.1, 0.15) is 32.6 Å². The Morgan fingerprint density at radius 3 is 2.55 bits per heavy atom. The van der Waals surface area contributed by atoms with Crippen molar-refractivity contribution < 1.29 is 24.6 Å². The van der Waals surface area contributed by atoms with E-state index in [1.54, 1.807) is 0 Å². The highest BCUT2D eigenvalue weighted by atomic mass is 32.2. The number of nitrogens with one attached hydrogen (secondary N) is 2. The van der Waals surface area contributed by atoms with E-state index < -0.39 is 30.4 Å². The van der Waals surface area contributed by atoms with Gasteiger partial charge in [-0.1, -0.05) is 6.92 Å². The van der Waals surface area contributed by atoms with Gasteiger partial charge in [-0.05, 0) is 25.0 Å². The highest BCUT2D eigenvalue weighted by molar-refractivity contribution is 7.99. The Hall–Kier alpha value is -1.44. The van der Waals surface area contributed by atoms with Gasteiger partial charge in [-0.3, -0.25) is 4.79 Å². The van der Waals surface area contributed by atoms with Gasteiger partial charge in [0.15, 0.2) is 0 Å². The van der Waals surface area contributed by atoms with Gasteiger partial charge in [0, 0.05) is 11.3 Å². The average Bonchev–Trinajstić information content (AvgIpc) is 2.75. The quantitative estimate of drug-likeness (QED) is 0.555. The summed E-state index contributed by atoms with van der Waals surface area (Å²) in [5.74, 6) is -1.59. The molecule has 1 aliphatic rings. The minimum Gasteiger partial charge on any atom is -0.481 e. The largest absolute Gasteiger partial charge is 0.481 e. The molecule has 0 heterocycles. The molecule has 0 saturated heterocycles. The number of carbonyl (C=O) groups is 3. The maximum Gasteiger partial charge on any atom is 0.326 e. The Morgan fingerprint density at radius 2 is 2.00 bits per heavy atom. The lowest BCUT2D eigenvalue weighted by molar-refractivity contribution is -0.145. The molecule has 0 aliphatic heterocycles. The number of thioether (sulfide) groups is 1. The summed E-state index contributed by atoms with van der Waals surface area (Å²) in [6, 6.07) is -2.00. The smallest absolute Gasteiger partial charge is 0.326 e. The average molecular weight is 304 g/mol. The van der Waals surface area contributed by atoms with Gasteiger partial charge in [-0.15, -0.1) is 0 Å². The van der Waals surface area contributed by atoms with Crippen LogP contribution in [0.3, 0.4) is 0 Å². The monoisotopic (exact) mass is 304 g/mol. The van der Waals surface area contributed by atoms with Gasteiger partial charge in [0.1, 0.15) is 6.04 Å². The Bertz CT molecular complexity index is 377. The molecule has 1 aliphatic carbocycles. The van der Waals surface area contributed by atoms with Crippen LogP contribution in [0.2, 0.25) is 0 Å². The second-order valence-corrected chi connectivity index (χ2v) is 6.27. The van der Waals surface area contributed by atoms with Crippen molar-refractivity contribution in [3.8, 4) is 0 Å². The second-order valence-electron chi connectivity index (χ2n) is 4.69. The van der Waals surface area contributed by atoms with Gasteiger partial charge >= 0.3 is 18.0 Å². The van der Waals surface area contributed by atoms with Crippen molar-refractivity contribution in [1.82, 2.24) is 10.6 Å². The maximum atomic E-state index is 11.7. The van der Waals surface area contributed by atoms with Gasteiger partial charge in [-0.2, -0.15) is 11.8 Å². The molecule has 4 N–H and O–H groups in total. The first-order valence-corrected chi connectivity index (χ1v) is 7.60. The summed E-state index contributed by atoms with van der Waals surface area (Å²) < 4.78 is 0. The van der Waals surface area contributed by atoms with E-state index in [0.717, 1.165) is 25.0 Å². The number of carboxylic acids is 2. The molecule has 1 fully saturated rings. The first kappa shape index (κ1) is 16.6. The van der Waals surface area contributed by atoms with Crippen molar-refractivity contribution in [3.63, 3.8) is 0 Å². The normalized spacial score (nSPS) is 23.1. The van der Waals surface area contributed by atoms with Gasteiger partial charge in [-0.25, -0.2) is 9.59 Å². The zero-order valence-electron chi connectivity index (χ0n) is 11.3. The number of urea groups is 1. The standard InChI is InChI=1S/C12H20N2O5S/c1-2-20-8-4-3-7(5-8)13-12(19)14-9(11(17)18)6-10(15)16/h7-9H,2-6H2,1H3,(H,15,16)(H,17,18)(H2,13,14,19). The topological polar surface area (TPSA) is 116 Å². The summed E-state index contributed by atoms with van der Waals surface area (Å²) in [5, 5.41) is 22.8. The van der Waals surface area contributed by atoms with Crippen LogP contribution >= 0.6 is 11.8 Å². The molecule has 2 amide bonds. The van der Waals surface area contributed by atoms with E-state index in [4.69, 9.17) is 10.2 Å². The van der Waals surface area contributed by atoms with Crippen LogP contribution in [-0.2, 0) is 9.59 Å². The van der Waals surface area contributed by atoms with Crippen molar-refractivity contribution in [1.29, 1.82) is 0 Å². The highest BCUT2D eigenvalue weighted by Crippen LogP contribution is 2.29. The Labute approximate surface area is 121 Å². The van der Waals surface area contributed by atoms with Crippen molar-refractivity contribution >= 4 is 29.7 Å². The predicted molar refractivity (Wildman–Crippen MR) is 74.9 cm³/mol. The van der Waals surface area contributed by atoms with Crippen molar-refractivity contribution in [2.75, 3.05) is 5.75 Å². The zero-order chi connectivity index (χ0) is 15.1. The third-order valence-corrected chi connectivity index (χ3v) is 4.34. The number of rotatable bonds is 7. The number of carboxylic acid groups (broad SMARTS) is 2. The number of hydrogen-bond acceptors (Lipinski definition) is 4. The van der Waals surface area contributed by atoms with E-state index in [9.17, 15) is 14.4 Å². The van der Waals surface area contributed by atoms with E-state index >= 15 is 0 Å². The fourth-order valence-electron chi connectivity index (χ4n) is 2.22. The van der Waals surface area contributed by atoms with Crippen LogP contribution in [0.25, 0.3) is 0 Å². The van der Waals surface area contributed by atoms with E-state index in [0.29, 0.717) is 5.25 Å². The molecule has 20 heavy (non-hydrogen) atoms. The molecule has 1 rings (SSSR count). The number of amides is 2. The van der Waals surface area contributed by atoms with Crippen LogP contribution in [-0.4, -0.2) is 51.3 Å². The number of aliphatic carboxylic acids is 2. The summed E-state index contributed by atoms with van der Waals surface area (Å²) >= 11 is 1.85. The molecule has 3 unspecified atom stereocenters. The molecule has 8 heteroatoms. The predicted octanol–water partition coefficient (Wildman–Crippen LogP) is 0.888. The van der Waals surface area contributed by atoms with Crippen LogP contribution in [0, 0.1) is 0 Å². The van der Waals surface area contributed by atoms with E-state index in [2.05, 4.69) is 17.6 Å². The molecule has 0 radical (unpaired) electrons. The first-order chi connectivity index (χ1) is 9.42. The van der Waals surface area contributed by atoms with Gasteiger partial charge in [0.2, 0.25) is 0 Å². The Balaban J connectivity index is 2.38. The van der Waals surface area contributed by atoms with Crippen LogP contribution in [0.5, 0.6) is 0 Å². The fraction of sp³-hybridized carbons (Fsp3) is 0.750. The van der Waals surface area contributed by atoms with Crippen LogP contribution in [0.4, 0.5) is 4.79 Å². The summed E-state index contributed by atoms with van der Waals surface area (Å²) in [4.78, 5) is 33.0. The van der Waals surface area contributed by atoms with E-state index in [1.165, 1.54) is 0 Å².